The van der Waals surface area contributed by atoms with Crippen LogP contribution in [0.4, 0.5) is 4.79 Å². The molecule has 2 rings (SSSR count). The molecule has 0 fully saturated rings. The molecular formula is C13H19N3O2. The summed E-state index contributed by atoms with van der Waals surface area (Å²) in [6.07, 6.45) is 5.76. The van der Waals surface area contributed by atoms with Gasteiger partial charge in [-0.3, -0.25) is 9.97 Å². The second-order valence-electron chi connectivity index (χ2n) is 5.48. The van der Waals surface area contributed by atoms with E-state index >= 15 is 0 Å². The van der Waals surface area contributed by atoms with Crippen LogP contribution in [0.15, 0.2) is 12.4 Å². The molecule has 0 saturated heterocycles. The summed E-state index contributed by atoms with van der Waals surface area (Å²) in [6, 6.07) is -0.0858. The van der Waals surface area contributed by atoms with Gasteiger partial charge in [0.05, 0.1) is 17.4 Å². The average molecular weight is 249 g/mol. The number of nitrogens with one attached hydrogen (secondary N) is 1. The van der Waals surface area contributed by atoms with E-state index in [0.717, 1.165) is 30.7 Å². The molecule has 1 aliphatic carbocycles. The van der Waals surface area contributed by atoms with Crippen LogP contribution in [0, 0.1) is 0 Å². The first kappa shape index (κ1) is 12.8. The Hall–Kier alpha value is -1.65. The molecule has 5 nitrogen and oxygen atoms in total. The molecule has 0 saturated carbocycles. The molecule has 1 heterocycles. The zero-order chi connectivity index (χ0) is 13.2. The van der Waals surface area contributed by atoms with Crippen LogP contribution in [0.2, 0.25) is 0 Å². The molecule has 1 unspecified atom stereocenters. The van der Waals surface area contributed by atoms with Gasteiger partial charge in [0.15, 0.2) is 0 Å². The zero-order valence-electron chi connectivity index (χ0n) is 11.1. The fourth-order valence-electron chi connectivity index (χ4n) is 2.06. The van der Waals surface area contributed by atoms with Crippen LogP contribution in [0.3, 0.4) is 0 Å². The number of ether oxygens (including phenoxy) is 1. The summed E-state index contributed by atoms with van der Waals surface area (Å²) in [7, 11) is 0. The molecule has 0 bridgehead atoms. The largest absolute Gasteiger partial charge is 0.444 e. The van der Waals surface area contributed by atoms with Crippen molar-refractivity contribution in [1.29, 1.82) is 0 Å². The second kappa shape index (κ2) is 4.92. The number of aromatic nitrogens is 2. The van der Waals surface area contributed by atoms with Crippen molar-refractivity contribution < 1.29 is 9.53 Å². The van der Waals surface area contributed by atoms with Crippen molar-refractivity contribution >= 4 is 6.09 Å². The van der Waals surface area contributed by atoms with E-state index < -0.39 is 11.7 Å². The summed E-state index contributed by atoms with van der Waals surface area (Å²) in [5.41, 5.74) is 1.36. The first-order valence-corrected chi connectivity index (χ1v) is 6.25. The molecule has 5 heteroatoms. The Labute approximate surface area is 107 Å². The summed E-state index contributed by atoms with van der Waals surface area (Å²) in [4.78, 5) is 20.4. The predicted molar refractivity (Wildman–Crippen MR) is 67.1 cm³/mol. The number of aryl methyl sites for hydroxylation is 1. The third-order valence-corrected chi connectivity index (χ3v) is 2.73. The molecular weight excluding hydrogens is 230 g/mol. The first-order valence-electron chi connectivity index (χ1n) is 6.25. The van der Waals surface area contributed by atoms with Crippen molar-refractivity contribution in [3.63, 3.8) is 0 Å². The van der Waals surface area contributed by atoms with Gasteiger partial charge in [-0.1, -0.05) is 0 Å². The Morgan fingerprint density at radius 2 is 2.11 bits per heavy atom. The molecule has 0 radical (unpaired) electrons. The number of alkyl carbamates (subject to hydrolysis) is 1. The van der Waals surface area contributed by atoms with Gasteiger partial charge in [-0.2, -0.15) is 0 Å². The van der Waals surface area contributed by atoms with E-state index in [1.165, 1.54) is 0 Å². The highest BCUT2D eigenvalue weighted by Crippen LogP contribution is 2.26. The van der Waals surface area contributed by atoms with Crippen LogP contribution < -0.4 is 5.32 Å². The standard InChI is InChI=1S/C13H19N3O2/c1-13(2,3)18-12(17)16-10-6-4-5-9-11(10)15-8-7-14-9/h7-8,10H,4-6H2,1-3H3,(H,16,17). The summed E-state index contributed by atoms with van der Waals surface area (Å²) in [6.45, 7) is 5.55. The number of rotatable bonds is 1. The van der Waals surface area contributed by atoms with Crippen molar-refractivity contribution in [2.45, 2.75) is 51.7 Å². The number of carbonyl (C=O) groups is 1. The minimum absolute atomic E-state index is 0.0858. The minimum atomic E-state index is -0.482. The lowest BCUT2D eigenvalue weighted by Crippen LogP contribution is -2.36. The van der Waals surface area contributed by atoms with Crippen molar-refractivity contribution in [2.75, 3.05) is 0 Å². The molecule has 1 atom stereocenters. The molecule has 1 aliphatic rings. The lowest BCUT2D eigenvalue weighted by Gasteiger charge is -2.26. The van der Waals surface area contributed by atoms with E-state index in [-0.39, 0.29) is 6.04 Å². The normalized spacial score (nSPS) is 18.9. The molecule has 18 heavy (non-hydrogen) atoms. The fraction of sp³-hybridized carbons (Fsp3) is 0.615. The van der Waals surface area contributed by atoms with Crippen LogP contribution in [0.1, 0.15) is 51.0 Å². The third-order valence-electron chi connectivity index (χ3n) is 2.73. The number of fused-ring (bicyclic) bond motifs is 1. The van der Waals surface area contributed by atoms with Crippen LogP contribution in [-0.2, 0) is 11.2 Å². The Bertz CT molecular complexity index is 440. The average Bonchev–Trinajstić information content (AvgIpc) is 2.27. The van der Waals surface area contributed by atoms with Crippen molar-refractivity contribution in [3.05, 3.63) is 23.8 Å². The number of hydrogen-bond acceptors (Lipinski definition) is 4. The number of hydrogen-bond donors (Lipinski definition) is 1. The zero-order valence-corrected chi connectivity index (χ0v) is 11.1. The number of amides is 1. The number of carbonyl (C=O) groups excluding carboxylic acids is 1. The third kappa shape index (κ3) is 3.18. The Kier molecular flexibility index (Phi) is 3.50. The Morgan fingerprint density at radius 3 is 2.83 bits per heavy atom. The van der Waals surface area contributed by atoms with Gasteiger partial charge in [-0.05, 0) is 40.0 Å². The molecule has 1 aromatic heterocycles. The van der Waals surface area contributed by atoms with Crippen LogP contribution in [0.25, 0.3) is 0 Å². The van der Waals surface area contributed by atoms with Gasteiger partial charge in [0, 0.05) is 12.4 Å². The maximum Gasteiger partial charge on any atom is 0.408 e. The summed E-state index contributed by atoms with van der Waals surface area (Å²) in [5, 5.41) is 2.87. The number of nitrogens with zero attached hydrogens (tertiary/aromatic N) is 2. The highest BCUT2D eigenvalue weighted by Gasteiger charge is 2.26. The predicted octanol–water partition coefficient (Wildman–Crippen LogP) is 2.38. The van der Waals surface area contributed by atoms with Gasteiger partial charge in [0.2, 0.25) is 0 Å². The van der Waals surface area contributed by atoms with E-state index in [2.05, 4.69) is 15.3 Å². The fourth-order valence-corrected chi connectivity index (χ4v) is 2.06. The topological polar surface area (TPSA) is 64.1 Å². The van der Waals surface area contributed by atoms with E-state index in [1.54, 1.807) is 12.4 Å². The van der Waals surface area contributed by atoms with Gasteiger partial charge < -0.3 is 10.1 Å². The maximum atomic E-state index is 11.8. The van der Waals surface area contributed by atoms with Gasteiger partial charge in [-0.15, -0.1) is 0 Å². The van der Waals surface area contributed by atoms with Gasteiger partial charge in [0.25, 0.3) is 0 Å². The SMILES string of the molecule is CC(C)(C)OC(=O)NC1CCCc2nccnc21. The quantitative estimate of drug-likeness (QED) is 0.830. The van der Waals surface area contributed by atoms with Gasteiger partial charge in [0.1, 0.15) is 5.60 Å². The minimum Gasteiger partial charge on any atom is -0.444 e. The van der Waals surface area contributed by atoms with Crippen LogP contribution >= 0.6 is 0 Å². The lowest BCUT2D eigenvalue weighted by atomic mass is 9.95. The maximum absolute atomic E-state index is 11.8. The second-order valence-corrected chi connectivity index (χ2v) is 5.48. The van der Waals surface area contributed by atoms with Gasteiger partial charge >= 0.3 is 6.09 Å². The van der Waals surface area contributed by atoms with E-state index in [9.17, 15) is 4.79 Å². The summed E-state index contributed by atoms with van der Waals surface area (Å²) < 4.78 is 5.26. The molecule has 98 valence electrons. The highest BCUT2D eigenvalue weighted by molar-refractivity contribution is 5.68. The molecule has 0 spiro atoms. The van der Waals surface area contributed by atoms with Crippen molar-refractivity contribution in [3.8, 4) is 0 Å². The molecule has 1 amide bonds. The molecule has 1 N–H and O–H groups in total. The van der Waals surface area contributed by atoms with Gasteiger partial charge in [-0.25, -0.2) is 4.79 Å². The Morgan fingerprint density at radius 1 is 1.39 bits per heavy atom. The first-order chi connectivity index (χ1) is 8.46. The van der Waals surface area contributed by atoms with E-state index in [0.29, 0.717) is 0 Å². The van der Waals surface area contributed by atoms with Crippen LogP contribution in [0.5, 0.6) is 0 Å². The van der Waals surface area contributed by atoms with E-state index in [4.69, 9.17) is 4.74 Å². The van der Waals surface area contributed by atoms with E-state index in [1.807, 2.05) is 20.8 Å². The Balaban J connectivity index is 2.05. The summed E-state index contributed by atoms with van der Waals surface area (Å²) in [5.74, 6) is 0. The molecule has 0 aliphatic heterocycles. The monoisotopic (exact) mass is 249 g/mol. The molecule has 0 aromatic carbocycles. The lowest BCUT2D eigenvalue weighted by molar-refractivity contribution is 0.0497. The van der Waals surface area contributed by atoms with Crippen LogP contribution in [-0.4, -0.2) is 21.7 Å². The van der Waals surface area contributed by atoms with Crippen molar-refractivity contribution in [1.82, 2.24) is 15.3 Å². The highest BCUT2D eigenvalue weighted by atomic mass is 16.6. The van der Waals surface area contributed by atoms with Crippen molar-refractivity contribution in [2.24, 2.45) is 0 Å². The summed E-state index contributed by atoms with van der Waals surface area (Å²) >= 11 is 0. The smallest absolute Gasteiger partial charge is 0.408 e. The molecule has 1 aromatic rings.